The maximum atomic E-state index is 12.6. The minimum atomic E-state index is -1.92. The van der Waals surface area contributed by atoms with E-state index < -0.39 is 48.1 Å². The molecular weight excluding hydrogens is 1800 g/mol. The molecule has 798 valence electrons. The molecule has 16 aliphatic rings. The number of ether oxygens (including phenoxy) is 10. The van der Waals surface area contributed by atoms with E-state index in [0.717, 1.165) is 199 Å². The molecule has 8 unspecified atom stereocenters. The van der Waals surface area contributed by atoms with Crippen molar-refractivity contribution in [1.82, 2.24) is 14.7 Å². The Morgan fingerprint density at radius 2 is 0.568 bits per heavy atom. The van der Waals surface area contributed by atoms with Crippen LogP contribution in [-0.2, 0) is 75.0 Å². The molecule has 12 aliphatic carbocycles. The molecule has 139 heavy (non-hydrogen) atoms. The number of hydrogen-bond donors (Lipinski definition) is 3. The Labute approximate surface area is 846 Å². The Bertz CT molecular complexity index is 4170. The number of carbonyl (C=O) groups excluding carboxylic acids is 3. The first-order valence-corrected chi connectivity index (χ1v) is 64.3. The highest BCUT2D eigenvalue weighted by Gasteiger charge is 2.73. The SMILES string of the molecule is CC(=O)O[C@H]1C2CCC3(OCCO3)[C@@]2(C)CCC1[C@@]1(C)CC[C@H](O[Si](C)(C)C(C)(C)C)C[C@@H]1/C=C\CN(C)C.CC(=O)O[C@H]1C2CCC3(OCCO3)[C@@]2(C)CCC1[C@@]1(C)CC[C@H](O[Si](C)(C)C(C)(C)C)C[C@@H]1C=O.CN(C)C/C=C\[C@H]1C[C@@H](O)CC[C@]1(C)C1CC[C@@]2(C)C(CCC23OCCO3)[C@@H]1O.CN(C)C/C=C\[C@H]1C[C@@H](O[Si](C)(C)C(C)(C)C)CC[C@]1(C)C1CC[C@@]2(C)C(CCC23OCCO3)[C@@H]1O. The number of hydrogen-bond acceptors (Lipinski definition) is 22. The predicted molar refractivity (Wildman–Crippen MR) is 559 cm³/mol. The number of carbonyl (C=O) groups is 3. The molecule has 0 aromatic rings. The Hall–Kier alpha value is -2.20. The Morgan fingerprint density at radius 1 is 0.331 bits per heavy atom. The van der Waals surface area contributed by atoms with Crippen LogP contribution in [0, 0.1) is 114 Å². The van der Waals surface area contributed by atoms with E-state index >= 15 is 0 Å². The molecule has 0 amide bonds. The summed E-state index contributed by atoms with van der Waals surface area (Å²) in [5.74, 6) is 0.507. The zero-order valence-electron chi connectivity index (χ0n) is 93.4. The maximum absolute atomic E-state index is 12.6. The zero-order valence-corrected chi connectivity index (χ0v) is 96.4. The summed E-state index contributed by atoms with van der Waals surface area (Å²) in [6.07, 6.45) is 42.2. The molecule has 4 heterocycles. The number of fused-ring (bicyclic) bond motifs is 8. The van der Waals surface area contributed by atoms with Gasteiger partial charge in [-0.3, -0.25) is 9.59 Å². The van der Waals surface area contributed by atoms with Crippen molar-refractivity contribution in [1.29, 1.82) is 0 Å². The van der Waals surface area contributed by atoms with Gasteiger partial charge in [-0.05, 0) is 314 Å². The van der Waals surface area contributed by atoms with E-state index in [1.807, 2.05) is 0 Å². The van der Waals surface area contributed by atoms with Gasteiger partial charge in [-0.2, -0.15) is 0 Å². The van der Waals surface area contributed by atoms with Gasteiger partial charge in [-0.1, -0.05) is 154 Å². The van der Waals surface area contributed by atoms with Crippen LogP contribution in [0.5, 0.6) is 0 Å². The van der Waals surface area contributed by atoms with E-state index in [9.17, 15) is 29.7 Å². The fourth-order valence-corrected chi connectivity index (χ4v) is 35.4. The average molecular weight is 2000 g/mol. The number of likely N-dealkylation sites (N-methyl/N-ethyl adjacent to an activating group) is 3. The van der Waals surface area contributed by atoms with Crippen LogP contribution in [0.4, 0.5) is 0 Å². The molecule has 16 rings (SSSR count). The lowest BCUT2D eigenvalue weighted by atomic mass is 9.51. The van der Waals surface area contributed by atoms with Crippen LogP contribution < -0.4 is 0 Å². The van der Waals surface area contributed by atoms with Crippen molar-refractivity contribution in [2.75, 3.05) is 115 Å². The molecule has 25 heteroatoms. The van der Waals surface area contributed by atoms with Crippen LogP contribution >= 0.6 is 0 Å². The van der Waals surface area contributed by atoms with Crippen molar-refractivity contribution < 1.29 is 90.3 Å². The van der Waals surface area contributed by atoms with Crippen molar-refractivity contribution in [3.63, 3.8) is 0 Å². The topological polar surface area (TPSA) is 242 Å². The molecule has 0 aromatic carbocycles. The Morgan fingerprint density at radius 3 is 0.842 bits per heavy atom. The Balaban J connectivity index is 0.000000157. The lowest BCUT2D eigenvalue weighted by molar-refractivity contribution is -0.252. The van der Waals surface area contributed by atoms with Crippen molar-refractivity contribution in [3.8, 4) is 0 Å². The second-order valence-electron chi connectivity index (χ2n) is 54.7. The summed E-state index contributed by atoms with van der Waals surface area (Å²) in [5.41, 5.74) is -0.589. The van der Waals surface area contributed by atoms with Gasteiger partial charge >= 0.3 is 11.9 Å². The molecule has 12 saturated carbocycles. The van der Waals surface area contributed by atoms with Crippen LogP contribution in [0.15, 0.2) is 36.5 Å². The number of aldehydes is 1. The second-order valence-corrected chi connectivity index (χ2v) is 68.9. The first kappa shape index (κ1) is 114. The van der Waals surface area contributed by atoms with Gasteiger partial charge in [0.15, 0.2) is 48.1 Å². The molecule has 0 aromatic heterocycles. The van der Waals surface area contributed by atoms with Crippen LogP contribution in [0.3, 0.4) is 0 Å². The van der Waals surface area contributed by atoms with Crippen LogP contribution in [0.25, 0.3) is 0 Å². The summed E-state index contributed by atoms with van der Waals surface area (Å²) in [6.45, 7) is 64.9. The number of rotatable bonds is 22. The fraction of sp³-hybridized carbons (Fsp3) is 0.921. The Kier molecular flexibility index (Phi) is 35.2. The van der Waals surface area contributed by atoms with Crippen molar-refractivity contribution in [3.05, 3.63) is 36.5 Å². The largest absolute Gasteiger partial charge is 0.462 e. The highest BCUT2D eigenvalue weighted by Crippen LogP contribution is 2.72. The van der Waals surface area contributed by atoms with E-state index in [2.05, 4.69) is 250 Å². The second kappa shape index (κ2) is 42.9. The van der Waals surface area contributed by atoms with Crippen LogP contribution in [0.2, 0.25) is 54.4 Å². The van der Waals surface area contributed by atoms with Gasteiger partial charge < -0.3 is 95.5 Å². The summed E-state index contributed by atoms with van der Waals surface area (Å²) in [5, 5.41) is 34.6. The summed E-state index contributed by atoms with van der Waals surface area (Å²) in [4.78, 5) is 44.1. The average Bonchev–Trinajstić information content (AvgIpc) is 1.58. The normalized spacial score (nSPS) is 42.0. The van der Waals surface area contributed by atoms with Gasteiger partial charge in [0.1, 0.15) is 18.5 Å². The molecule has 16 fully saturated rings. The van der Waals surface area contributed by atoms with Gasteiger partial charge in [-0.25, -0.2) is 0 Å². The lowest BCUT2D eigenvalue weighted by Gasteiger charge is -2.57. The minimum Gasteiger partial charge on any atom is -0.462 e. The standard InChI is InChI=1S/C32H57NO5Si.C30H55NO4Si.C28H48O6Si.C24H41NO4/c1-23(34)37-28-26(14-17-31(6)27(28)15-18-32(31)35-20-21-36-32)30(5)16-13-25(38-39(9,10)29(2,3)4)22-24(30)12-11-19-33(7)8;1-27(2,3)36(8,9)35-23-12-15-28(4,22(21-23)11-10-18-31(6)7)24-13-16-29(5)25(26(24)32)14-17-30(29)33-19-20-34-30;1-19(30)33-24-22(10-13-27(6)23(24)11-14-28(27)31-15-16-32-28)26(5)12-9-21(17-20(26)18-29)34-35(7,8)25(2,3)4;1-22(10-7-18(26)16-17(22)6-5-13-25(3)4)19-8-11-23(2)20(21(19)27)9-12-24(23)28-14-15-29-24/h11-12,24-28H,13-22H2,1-10H3;10-11,22-26,32H,12-21H2,1-9H3;18,20-24H,9-17H2,1-8H3;5-6,17-21,26-27H,7-16H2,1-4H3/b12-11-;11-10-;;6-5-/t24-,25-,26?,27?,28+,30-,31-;22-,23-,24?,25?,26+,28-,29-;20-,21+,22?,23?,24-,26+,27+;17-,18-,19?,20?,21+,22-,23-/m0010/s1. The monoisotopic (exact) mass is 2000 g/mol. The van der Waals surface area contributed by atoms with Gasteiger partial charge in [0.25, 0.3) is 0 Å². The van der Waals surface area contributed by atoms with Crippen molar-refractivity contribution in [2.24, 2.45) is 114 Å². The number of esters is 2. The van der Waals surface area contributed by atoms with E-state index in [1.54, 1.807) is 6.92 Å². The van der Waals surface area contributed by atoms with E-state index in [-0.39, 0.29) is 155 Å². The van der Waals surface area contributed by atoms with Gasteiger partial charge in [0.05, 0.1) is 71.2 Å². The van der Waals surface area contributed by atoms with E-state index in [4.69, 9.17) is 60.6 Å². The van der Waals surface area contributed by atoms with Gasteiger partial charge in [-0.15, -0.1) is 0 Å². The molecule has 4 saturated heterocycles. The lowest BCUT2D eigenvalue weighted by Crippen LogP contribution is -2.58. The molecule has 0 radical (unpaired) electrons. The van der Waals surface area contributed by atoms with E-state index in [1.165, 1.54) is 13.2 Å². The highest BCUT2D eigenvalue weighted by atomic mass is 28.4. The highest BCUT2D eigenvalue weighted by molar-refractivity contribution is 6.75. The molecule has 4 spiro atoms. The molecule has 4 aliphatic heterocycles. The zero-order chi connectivity index (χ0) is 102. The van der Waals surface area contributed by atoms with E-state index in [0.29, 0.717) is 88.5 Å². The quantitative estimate of drug-likeness (QED) is 0.0395. The van der Waals surface area contributed by atoms with Gasteiger partial charge in [0.2, 0.25) is 0 Å². The number of allylic oxidation sites excluding steroid dienone is 3. The maximum Gasteiger partial charge on any atom is 0.302 e. The summed E-state index contributed by atoms with van der Waals surface area (Å²) in [6, 6.07) is 0. The summed E-state index contributed by atoms with van der Waals surface area (Å²) in [7, 11) is 7.04. The molecule has 22 nitrogen and oxygen atoms in total. The fourth-order valence-electron chi connectivity index (χ4n) is 31.2. The van der Waals surface area contributed by atoms with Crippen LogP contribution in [-0.4, -0.2) is 260 Å². The number of aliphatic hydroxyl groups excluding tert-OH is 3. The summed E-state index contributed by atoms with van der Waals surface area (Å²) < 4.78 is 83.1. The molecule has 0 bridgehead atoms. The first-order valence-electron chi connectivity index (χ1n) is 55.5. The molecule has 28 atom stereocenters. The summed E-state index contributed by atoms with van der Waals surface area (Å²) >= 11 is 0. The third kappa shape index (κ3) is 22.1. The molecular formula is C114H201N3O19Si3. The third-order valence-corrected chi connectivity index (χ3v) is 56.6. The number of nitrogens with zero attached hydrogens (tertiary/aromatic N) is 3. The molecule has 3 N–H and O–H groups in total. The third-order valence-electron chi connectivity index (χ3n) is 43.0. The van der Waals surface area contributed by atoms with Crippen molar-refractivity contribution in [2.45, 2.75) is 438 Å². The smallest absolute Gasteiger partial charge is 0.302 e. The first-order chi connectivity index (χ1) is 64.6. The van der Waals surface area contributed by atoms with Crippen molar-refractivity contribution >= 4 is 43.2 Å². The van der Waals surface area contributed by atoms with Gasteiger partial charge in [0, 0.05) is 129 Å². The predicted octanol–water partition coefficient (Wildman–Crippen LogP) is 22.1. The number of aliphatic hydroxyl groups is 3. The van der Waals surface area contributed by atoms with Crippen LogP contribution in [0.1, 0.15) is 311 Å². The minimum absolute atomic E-state index is 0.0237.